The summed E-state index contributed by atoms with van der Waals surface area (Å²) < 4.78 is 23.3. The third kappa shape index (κ3) is 3.82. The van der Waals surface area contributed by atoms with E-state index in [1.54, 1.807) is 12.1 Å². The Morgan fingerprint density at radius 2 is 1.90 bits per heavy atom. The molecule has 2 N–H and O–H groups in total. The third-order valence-corrected chi connectivity index (χ3v) is 5.68. The van der Waals surface area contributed by atoms with Gasteiger partial charge < -0.3 is 5.73 Å². The number of ketones is 1. The summed E-state index contributed by atoms with van der Waals surface area (Å²) in [4.78, 5) is 12.3. The van der Waals surface area contributed by atoms with Crippen molar-refractivity contribution < 1.29 is 13.2 Å². The highest BCUT2D eigenvalue weighted by atomic mass is 32.2. The van der Waals surface area contributed by atoms with Gasteiger partial charge in [-0.2, -0.15) is 0 Å². The number of anilines is 1. The minimum absolute atomic E-state index is 0.124. The molecule has 4 nitrogen and oxygen atoms in total. The summed E-state index contributed by atoms with van der Waals surface area (Å²) in [5.41, 5.74) is 7.23. The highest BCUT2D eigenvalue weighted by molar-refractivity contribution is 7.91. The summed E-state index contributed by atoms with van der Waals surface area (Å²) in [6.07, 6.45) is 4.42. The van der Waals surface area contributed by atoms with E-state index in [4.69, 9.17) is 5.73 Å². The van der Waals surface area contributed by atoms with Crippen LogP contribution in [0.3, 0.4) is 0 Å². The van der Waals surface area contributed by atoms with Gasteiger partial charge in [0.05, 0.1) is 5.25 Å². The lowest BCUT2D eigenvalue weighted by Crippen LogP contribution is -2.31. The first-order valence-corrected chi connectivity index (χ1v) is 8.87. The van der Waals surface area contributed by atoms with E-state index in [9.17, 15) is 13.2 Å². The quantitative estimate of drug-likeness (QED) is 0.862. The van der Waals surface area contributed by atoms with E-state index in [0.717, 1.165) is 18.4 Å². The van der Waals surface area contributed by atoms with Crippen LogP contribution < -0.4 is 5.73 Å². The fraction of sp³-hybridized carbons (Fsp3) is 0.533. The van der Waals surface area contributed by atoms with Gasteiger partial charge in [0, 0.05) is 24.3 Å². The molecule has 0 radical (unpaired) electrons. The van der Waals surface area contributed by atoms with E-state index in [2.05, 4.69) is 0 Å². The van der Waals surface area contributed by atoms with Crippen LogP contribution in [0.15, 0.2) is 24.3 Å². The number of carbonyl (C=O) groups excluding carboxylic acids is 1. The molecule has 1 aliphatic rings. The van der Waals surface area contributed by atoms with Crippen LogP contribution >= 0.6 is 0 Å². The van der Waals surface area contributed by atoms with Gasteiger partial charge >= 0.3 is 0 Å². The smallest absolute Gasteiger partial charge is 0.150 e. The zero-order chi connectivity index (χ0) is 14.8. The Bertz CT molecular complexity index is 578. The van der Waals surface area contributed by atoms with Crippen molar-refractivity contribution in [2.75, 3.05) is 12.0 Å². The van der Waals surface area contributed by atoms with Crippen LogP contribution in [0.4, 0.5) is 5.69 Å². The van der Waals surface area contributed by atoms with Gasteiger partial charge in [0.1, 0.15) is 15.6 Å². The van der Waals surface area contributed by atoms with E-state index < -0.39 is 9.84 Å². The van der Waals surface area contributed by atoms with Crippen molar-refractivity contribution in [2.24, 2.45) is 5.92 Å². The maximum Gasteiger partial charge on any atom is 0.150 e. The molecule has 2 rings (SSSR count). The van der Waals surface area contributed by atoms with Crippen LogP contribution in [0.25, 0.3) is 0 Å². The van der Waals surface area contributed by atoms with Crippen LogP contribution in [0.1, 0.15) is 31.2 Å². The molecule has 5 heteroatoms. The molecule has 1 aliphatic carbocycles. The minimum atomic E-state index is -3.04. The first-order valence-electron chi connectivity index (χ1n) is 6.92. The molecule has 0 heterocycles. The molecule has 20 heavy (non-hydrogen) atoms. The Morgan fingerprint density at radius 1 is 1.25 bits per heavy atom. The second-order valence-electron chi connectivity index (χ2n) is 5.70. The molecule has 1 fully saturated rings. The summed E-state index contributed by atoms with van der Waals surface area (Å²) >= 11 is 0. The van der Waals surface area contributed by atoms with E-state index in [-0.39, 0.29) is 17.0 Å². The minimum Gasteiger partial charge on any atom is -0.399 e. The van der Waals surface area contributed by atoms with E-state index in [1.165, 1.54) is 6.26 Å². The number of Topliss-reactive ketones (excluding diaryl/α,β-unsaturated/α-hetero) is 1. The van der Waals surface area contributed by atoms with Crippen molar-refractivity contribution in [3.63, 3.8) is 0 Å². The number of hydrogen-bond donors (Lipinski definition) is 1. The van der Waals surface area contributed by atoms with Crippen LogP contribution in [-0.2, 0) is 21.1 Å². The zero-order valence-corrected chi connectivity index (χ0v) is 12.5. The highest BCUT2D eigenvalue weighted by Gasteiger charge is 2.32. The number of carbonyl (C=O) groups is 1. The topological polar surface area (TPSA) is 77.2 Å². The first kappa shape index (κ1) is 15.0. The van der Waals surface area contributed by atoms with Gasteiger partial charge in [-0.15, -0.1) is 0 Å². The third-order valence-electron chi connectivity index (χ3n) is 4.05. The molecule has 110 valence electrons. The summed E-state index contributed by atoms with van der Waals surface area (Å²) in [7, 11) is -3.04. The van der Waals surface area contributed by atoms with Crippen molar-refractivity contribution >= 4 is 21.3 Å². The van der Waals surface area contributed by atoms with Crippen LogP contribution in [-0.4, -0.2) is 25.7 Å². The summed E-state index contributed by atoms with van der Waals surface area (Å²) in [5.74, 6) is 0.0177. The highest BCUT2D eigenvalue weighted by Crippen LogP contribution is 2.29. The van der Waals surface area contributed by atoms with Gasteiger partial charge in [-0.3, -0.25) is 4.79 Å². The van der Waals surface area contributed by atoms with Crippen LogP contribution in [0, 0.1) is 5.92 Å². The SMILES string of the molecule is CS(=O)(=O)C1CCCC(C(=O)Cc2ccc(N)cc2)C1. The van der Waals surface area contributed by atoms with Crippen LogP contribution in [0.2, 0.25) is 0 Å². The summed E-state index contributed by atoms with van der Waals surface area (Å²) in [6.45, 7) is 0. The molecule has 1 aromatic rings. The molecule has 0 saturated heterocycles. The number of rotatable bonds is 4. The van der Waals surface area contributed by atoms with Crippen molar-refractivity contribution in [1.29, 1.82) is 0 Å². The molecular weight excluding hydrogens is 274 g/mol. The molecule has 2 unspecified atom stereocenters. The summed E-state index contributed by atoms with van der Waals surface area (Å²) in [5, 5.41) is -0.350. The second kappa shape index (κ2) is 5.95. The maximum absolute atomic E-state index is 12.3. The Balaban J connectivity index is 2.00. The number of hydrogen-bond acceptors (Lipinski definition) is 4. The van der Waals surface area contributed by atoms with Gasteiger partial charge in [0.15, 0.2) is 0 Å². The Kier molecular flexibility index (Phi) is 4.48. The monoisotopic (exact) mass is 295 g/mol. The van der Waals surface area contributed by atoms with Gasteiger partial charge in [-0.1, -0.05) is 18.6 Å². The van der Waals surface area contributed by atoms with Crippen molar-refractivity contribution in [2.45, 2.75) is 37.4 Å². The van der Waals surface area contributed by atoms with Gasteiger partial charge in [0.2, 0.25) is 0 Å². The van der Waals surface area contributed by atoms with Crippen LogP contribution in [0.5, 0.6) is 0 Å². The molecule has 1 aromatic carbocycles. The van der Waals surface area contributed by atoms with Crippen molar-refractivity contribution in [1.82, 2.24) is 0 Å². The Hall–Kier alpha value is -1.36. The lowest BCUT2D eigenvalue weighted by Gasteiger charge is -2.27. The van der Waals surface area contributed by atoms with Gasteiger partial charge in [0.25, 0.3) is 0 Å². The molecule has 0 bridgehead atoms. The molecule has 0 aromatic heterocycles. The predicted octanol–water partition coefficient (Wildman–Crippen LogP) is 1.98. The van der Waals surface area contributed by atoms with E-state index in [0.29, 0.717) is 24.9 Å². The van der Waals surface area contributed by atoms with Crippen molar-refractivity contribution in [3.8, 4) is 0 Å². The average molecular weight is 295 g/mol. The normalized spacial score (nSPS) is 23.4. The zero-order valence-electron chi connectivity index (χ0n) is 11.7. The van der Waals surface area contributed by atoms with E-state index in [1.807, 2.05) is 12.1 Å². The van der Waals surface area contributed by atoms with Crippen molar-refractivity contribution in [3.05, 3.63) is 29.8 Å². The molecule has 1 saturated carbocycles. The fourth-order valence-electron chi connectivity index (χ4n) is 2.81. The maximum atomic E-state index is 12.3. The molecule has 0 amide bonds. The molecular formula is C15H21NO3S. The lowest BCUT2D eigenvalue weighted by molar-refractivity contribution is -0.123. The molecule has 0 aliphatic heterocycles. The number of nitrogens with two attached hydrogens (primary N) is 1. The standard InChI is InChI=1S/C15H21NO3S/c1-20(18,19)14-4-2-3-12(10-14)15(17)9-11-5-7-13(16)8-6-11/h5-8,12,14H,2-4,9-10,16H2,1H3. The fourth-order valence-corrected chi connectivity index (χ4v) is 3.98. The Morgan fingerprint density at radius 3 is 2.50 bits per heavy atom. The average Bonchev–Trinajstić information content (AvgIpc) is 2.40. The van der Waals surface area contributed by atoms with Gasteiger partial charge in [-0.05, 0) is 37.0 Å². The number of benzene rings is 1. The molecule has 2 atom stereocenters. The molecule has 0 spiro atoms. The van der Waals surface area contributed by atoms with E-state index >= 15 is 0 Å². The first-order chi connectivity index (χ1) is 9.36. The largest absolute Gasteiger partial charge is 0.399 e. The summed E-state index contributed by atoms with van der Waals surface area (Å²) in [6, 6.07) is 7.26. The predicted molar refractivity (Wildman–Crippen MR) is 80.2 cm³/mol. The Labute approximate surface area is 120 Å². The lowest BCUT2D eigenvalue weighted by atomic mass is 9.84. The number of nitrogen functional groups attached to an aromatic ring is 1. The second-order valence-corrected chi connectivity index (χ2v) is 8.03. The van der Waals surface area contributed by atoms with Gasteiger partial charge in [-0.25, -0.2) is 8.42 Å². The number of sulfone groups is 1.